The molecule has 25 heavy (non-hydrogen) atoms. The fraction of sp³-hybridized carbons (Fsp3) is 0.444. The Kier molecular flexibility index (Phi) is 4.70. The molecule has 0 amide bonds. The molecule has 0 bridgehead atoms. The highest BCUT2D eigenvalue weighted by atomic mass is 32.1. The van der Waals surface area contributed by atoms with Crippen molar-refractivity contribution in [1.82, 2.24) is 19.3 Å². The molecule has 1 fully saturated rings. The summed E-state index contributed by atoms with van der Waals surface area (Å²) >= 11 is 1.69. The number of aromatic nitrogens is 3. The van der Waals surface area contributed by atoms with Crippen molar-refractivity contribution < 1.29 is 4.74 Å². The van der Waals surface area contributed by atoms with Gasteiger partial charge in [0.05, 0.1) is 24.1 Å². The molecule has 0 spiro atoms. The molecular weight excluding hydrogens is 334 g/mol. The number of hydrogen-bond donors (Lipinski definition) is 1. The number of nitrogen functional groups attached to an aromatic ring is 1. The van der Waals surface area contributed by atoms with Crippen molar-refractivity contribution in [2.45, 2.75) is 32.4 Å². The maximum Gasteiger partial charge on any atom is 0.194 e. The summed E-state index contributed by atoms with van der Waals surface area (Å²) in [5, 5.41) is 2.09. The van der Waals surface area contributed by atoms with Gasteiger partial charge in [-0.1, -0.05) is 0 Å². The van der Waals surface area contributed by atoms with Crippen LogP contribution in [0.1, 0.15) is 23.4 Å². The molecule has 6 nitrogen and oxygen atoms in total. The fourth-order valence-corrected chi connectivity index (χ4v) is 4.20. The van der Waals surface area contributed by atoms with Crippen molar-refractivity contribution in [3.05, 3.63) is 46.9 Å². The highest BCUT2D eigenvalue weighted by Gasteiger charge is 2.22. The Morgan fingerprint density at radius 2 is 2.36 bits per heavy atom. The Labute approximate surface area is 151 Å². The molecule has 0 unspecified atom stereocenters. The van der Waals surface area contributed by atoms with Crippen molar-refractivity contribution >= 4 is 22.1 Å². The SMILES string of the molecule is Cc1nc2sccn2c1CN1CCO[C@@H](CCc2ccnc(N)c2)C1. The summed E-state index contributed by atoms with van der Waals surface area (Å²) < 4.78 is 8.19. The maximum atomic E-state index is 5.97. The monoisotopic (exact) mass is 357 g/mol. The van der Waals surface area contributed by atoms with Crippen molar-refractivity contribution in [3.63, 3.8) is 0 Å². The second kappa shape index (κ2) is 7.11. The zero-order valence-electron chi connectivity index (χ0n) is 14.4. The number of imidazole rings is 1. The number of fused-ring (bicyclic) bond motifs is 1. The van der Waals surface area contributed by atoms with Crippen molar-refractivity contribution in [2.24, 2.45) is 0 Å². The van der Waals surface area contributed by atoms with Gasteiger partial charge in [-0.2, -0.15) is 0 Å². The van der Waals surface area contributed by atoms with Gasteiger partial charge < -0.3 is 10.5 Å². The van der Waals surface area contributed by atoms with Gasteiger partial charge in [0.2, 0.25) is 0 Å². The molecule has 1 aliphatic rings. The second-order valence-corrected chi connectivity index (χ2v) is 7.43. The van der Waals surface area contributed by atoms with Gasteiger partial charge in [0, 0.05) is 37.4 Å². The minimum Gasteiger partial charge on any atom is -0.384 e. The molecule has 3 aromatic rings. The molecule has 0 aromatic carbocycles. The Morgan fingerprint density at radius 1 is 1.44 bits per heavy atom. The average Bonchev–Trinajstić information content (AvgIpc) is 3.16. The molecule has 1 saturated heterocycles. The van der Waals surface area contributed by atoms with E-state index in [1.165, 1.54) is 11.3 Å². The van der Waals surface area contributed by atoms with Crippen LogP contribution in [0.15, 0.2) is 29.9 Å². The zero-order chi connectivity index (χ0) is 17.2. The largest absolute Gasteiger partial charge is 0.384 e. The van der Waals surface area contributed by atoms with Crippen LogP contribution in [0.4, 0.5) is 5.82 Å². The lowest BCUT2D eigenvalue weighted by molar-refractivity contribution is -0.0350. The number of rotatable bonds is 5. The Balaban J connectivity index is 1.37. The molecule has 0 saturated carbocycles. The summed E-state index contributed by atoms with van der Waals surface area (Å²) in [7, 11) is 0. The van der Waals surface area contributed by atoms with Crippen LogP contribution in [-0.2, 0) is 17.7 Å². The van der Waals surface area contributed by atoms with E-state index in [9.17, 15) is 0 Å². The Bertz CT molecular complexity index is 858. The first-order valence-corrected chi connectivity index (χ1v) is 9.52. The van der Waals surface area contributed by atoms with E-state index in [0.29, 0.717) is 5.82 Å². The fourth-order valence-electron chi connectivity index (χ4n) is 3.42. The van der Waals surface area contributed by atoms with Gasteiger partial charge in [0.15, 0.2) is 4.96 Å². The maximum absolute atomic E-state index is 5.97. The van der Waals surface area contributed by atoms with Crippen LogP contribution in [0.5, 0.6) is 0 Å². The minimum atomic E-state index is 0.259. The Morgan fingerprint density at radius 3 is 3.24 bits per heavy atom. The first-order valence-electron chi connectivity index (χ1n) is 8.64. The van der Waals surface area contributed by atoms with Crippen LogP contribution in [0.3, 0.4) is 0 Å². The van der Waals surface area contributed by atoms with Crippen LogP contribution in [0, 0.1) is 6.92 Å². The summed E-state index contributed by atoms with van der Waals surface area (Å²) in [6.07, 6.45) is 6.11. The van der Waals surface area contributed by atoms with E-state index in [2.05, 4.69) is 37.8 Å². The molecule has 1 aliphatic heterocycles. The van der Waals surface area contributed by atoms with Crippen LogP contribution in [0.25, 0.3) is 4.96 Å². The van der Waals surface area contributed by atoms with E-state index in [1.807, 2.05) is 12.1 Å². The van der Waals surface area contributed by atoms with E-state index in [0.717, 1.165) is 49.7 Å². The second-order valence-electron chi connectivity index (χ2n) is 6.56. The van der Waals surface area contributed by atoms with Gasteiger partial charge in [-0.15, -0.1) is 11.3 Å². The van der Waals surface area contributed by atoms with Gasteiger partial charge in [0.25, 0.3) is 0 Å². The Hall–Kier alpha value is -1.96. The van der Waals surface area contributed by atoms with Gasteiger partial charge >= 0.3 is 0 Å². The van der Waals surface area contributed by atoms with Gasteiger partial charge in [0.1, 0.15) is 5.82 Å². The number of thiazole rings is 1. The predicted octanol–water partition coefficient (Wildman–Crippen LogP) is 2.52. The van der Waals surface area contributed by atoms with Crippen LogP contribution in [0.2, 0.25) is 0 Å². The lowest BCUT2D eigenvalue weighted by Gasteiger charge is -2.33. The highest BCUT2D eigenvalue weighted by molar-refractivity contribution is 7.15. The topological polar surface area (TPSA) is 68.7 Å². The molecule has 2 N–H and O–H groups in total. The highest BCUT2D eigenvalue weighted by Crippen LogP contribution is 2.20. The summed E-state index contributed by atoms with van der Waals surface area (Å²) in [4.78, 5) is 12.2. The van der Waals surface area contributed by atoms with Crippen molar-refractivity contribution in [1.29, 1.82) is 0 Å². The quantitative estimate of drug-likeness (QED) is 0.760. The molecule has 3 aromatic heterocycles. The molecule has 7 heteroatoms. The van der Waals surface area contributed by atoms with E-state index < -0.39 is 0 Å². The lowest BCUT2D eigenvalue weighted by atomic mass is 10.1. The summed E-state index contributed by atoms with van der Waals surface area (Å²) in [5.74, 6) is 0.583. The molecular formula is C18H23N5OS. The number of hydrogen-bond acceptors (Lipinski definition) is 6. The molecule has 0 aliphatic carbocycles. The molecule has 4 rings (SSSR count). The van der Waals surface area contributed by atoms with E-state index in [1.54, 1.807) is 17.5 Å². The number of anilines is 1. The third-order valence-electron chi connectivity index (χ3n) is 4.76. The number of ether oxygens (including phenoxy) is 1. The third-order valence-corrected chi connectivity index (χ3v) is 5.51. The van der Waals surface area contributed by atoms with E-state index in [-0.39, 0.29) is 6.10 Å². The smallest absolute Gasteiger partial charge is 0.194 e. The van der Waals surface area contributed by atoms with Crippen LogP contribution < -0.4 is 5.73 Å². The zero-order valence-corrected chi connectivity index (χ0v) is 15.2. The first kappa shape index (κ1) is 16.5. The predicted molar refractivity (Wildman–Crippen MR) is 99.8 cm³/mol. The first-order chi connectivity index (χ1) is 12.2. The van der Waals surface area contributed by atoms with Gasteiger partial charge in [-0.05, 0) is 37.5 Å². The van der Waals surface area contributed by atoms with E-state index in [4.69, 9.17) is 10.5 Å². The summed E-state index contributed by atoms with van der Waals surface area (Å²) in [6, 6.07) is 3.98. The van der Waals surface area contributed by atoms with Crippen molar-refractivity contribution in [3.8, 4) is 0 Å². The summed E-state index contributed by atoms with van der Waals surface area (Å²) in [6.45, 7) is 5.73. The van der Waals surface area contributed by atoms with E-state index >= 15 is 0 Å². The standard InChI is InChI=1S/C18H23N5OS/c1-13-16(23-7-9-25-18(23)21-13)12-22-6-8-24-15(11-22)3-2-14-4-5-20-17(19)10-14/h4-5,7,9-10,15H,2-3,6,8,11-12H2,1H3,(H2,19,20)/t15-/m0/s1. The van der Waals surface area contributed by atoms with Crippen LogP contribution >= 0.6 is 11.3 Å². The normalized spacial score (nSPS) is 18.8. The average molecular weight is 357 g/mol. The third kappa shape index (κ3) is 3.68. The molecule has 132 valence electrons. The number of nitrogens with two attached hydrogens (primary N) is 1. The number of nitrogens with zero attached hydrogens (tertiary/aromatic N) is 4. The molecule has 1 atom stereocenters. The van der Waals surface area contributed by atoms with Crippen molar-refractivity contribution in [2.75, 3.05) is 25.4 Å². The van der Waals surface area contributed by atoms with Crippen LogP contribution in [-0.4, -0.2) is 45.1 Å². The number of morpholine rings is 1. The summed E-state index contributed by atoms with van der Waals surface area (Å²) in [5.41, 5.74) is 9.40. The minimum absolute atomic E-state index is 0.259. The molecule has 4 heterocycles. The number of pyridine rings is 1. The van der Waals surface area contributed by atoms with Gasteiger partial charge in [-0.25, -0.2) is 9.97 Å². The van der Waals surface area contributed by atoms with Gasteiger partial charge in [-0.3, -0.25) is 9.30 Å². The number of aryl methyl sites for hydroxylation is 2. The lowest BCUT2D eigenvalue weighted by Crippen LogP contribution is -2.42. The molecule has 0 radical (unpaired) electrons.